The lowest BCUT2D eigenvalue weighted by Gasteiger charge is -2.03. The molecule has 3 rings (SSSR count). The average molecular weight is 224 g/mol. The van der Waals surface area contributed by atoms with Gasteiger partial charge in [0.25, 0.3) is 0 Å². The Morgan fingerprint density at radius 3 is 2.88 bits per heavy atom. The summed E-state index contributed by atoms with van der Waals surface area (Å²) in [7, 11) is 0. The molecule has 1 aromatic carbocycles. The van der Waals surface area contributed by atoms with E-state index >= 15 is 0 Å². The van der Waals surface area contributed by atoms with Crippen molar-refractivity contribution in [1.29, 1.82) is 0 Å². The monoisotopic (exact) mass is 224 g/mol. The number of rotatable bonds is 2. The number of nitrogens with two attached hydrogens (primary N) is 1. The number of fused-ring (bicyclic) bond motifs is 1. The van der Waals surface area contributed by atoms with Crippen molar-refractivity contribution < 1.29 is 4.42 Å². The standard InChI is InChI=1S/C14H12N2O/c15-8-11-4-5-14(17-11)13-3-1-2-10-9-16-7-6-12(10)13/h1-7,9H,8,15H2. The van der Waals surface area contributed by atoms with Crippen molar-refractivity contribution in [2.24, 2.45) is 5.73 Å². The van der Waals surface area contributed by atoms with Crippen molar-refractivity contribution in [1.82, 2.24) is 4.98 Å². The first kappa shape index (κ1) is 10.1. The molecule has 3 aromatic rings. The number of pyridine rings is 1. The second-order valence-electron chi connectivity index (χ2n) is 3.87. The van der Waals surface area contributed by atoms with E-state index < -0.39 is 0 Å². The zero-order chi connectivity index (χ0) is 11.7. The van der Waals surface area contributed by atoms with Gasteiger partial charge in [0, 0.05) is 23.3 Å². The molecule has 3 nitrogen and oxygen atoms in total. The fourth-order valence-electron chi connectivity index (χ4n) is 1.97. The van der Waals surface area contributed by atoms with Gasteiger partial charge >= 0.3 is 0 Å². The third-order valence-electron chi connectivity index (χ3n) is 2.81. The third kappa shape index (κ3) is 1.70. The molecule has 0 saturated heterocycles. The number of benzene rings is 1. The zero-order valence-electron chi connectivity index (χ0n) is 9.26. The molecule has 0 bridgehead atoms. The molecule has 0 aliphatic rings. The van der Waals surface area contributed by atoms with Crippen LogP contribution in [0, 0.1) is 0 Å². The van der Waals surface area contributed by atoms with E-state index in [9.17, 15) is 0 Å². The number of furan rings is 1. The van der Waals surface area contributed by atoms with Gasteiger partial charge in [-0.05, 0) is 23.6 Å². The smallest absolute Gasteiger partial charge is 0.134 e. The number of hydrogen-bond acceptors (Lipinski definition) is 3. The van der Waals surface area contributed by atoms with E-state index in [0.29, 0.717) is 6.54 Å². The Morgan fingerprint density at radius 2 is 2.06 bits per heavy atom. The highest BCUT2D eigenvalue weighted by Gasteiger charge is 2.07. The summed E-state index contributed by atoms with van der Waals surface area (Å²) in [5.41, 5.74) is 6.62. The van der Waals surface area contributed by atoms with Gasteiger partial charge in [0.05, 0.1) is 6.54 Å². The van der Waals surface area contributed by atoms with E-state index in [1.807, 2.05) is 42.6 Å². The van der Waals surface area contributed by atoms with Crippen LogP contribution in [0.5, 0.6) is 0 Å². The molecule has 2 heterocycles. The zero-order valence-corrected chi connectivity index (χ0v) is 9.26. The first-order valence-electron chi connectivity index (χ1n) is 5.50. The molecule has 0 aliphatic heterocycles. The van der Waals surface area contributed by atoms with Gasteiger partial charge in [0.1, 0.15) is 11.5 Å². The van der Waals surface area contributed by atoms with Gasteiger partial charge in [0.15, 0.2) is 0 Å². The second-order valence-corrected chi connectivity index (χ2v) is 3.87. The Kier molecular flexibility index (Phi) is 2.38. The number of aromatic nitrogens is 1. The minimum atomic E-state index is 0.423. The Morgan fingerprint density at radius 1 is 1.12 bits per heavy atom. The van der Waals surface area contributed by atoms with Crippen LogP contribution >= 0.6 is 0 Å². The van der Waals surface area contributed by atoms with Crippen LogP contribution in [0.25, 0.3) is 22.1 Å². The molecular weight excluding hydrogens is 212 g/mol. The molecule has 3 heteroatoms. The maximum atomic E-state index is 5.68. The summed E-state index contributed by atoms with van der Waals surface area (Å²) in [6.07, 6.45) is 3.64. The summed E-state index contributed by atoms with van der Waals surface area (Å²) in [4.78, 5) is 4.12. The molecule has 0 spiro atoms. The first-order valence-corrected chi connectivity index (χ1v) is 5.50. The average Bonchev–Trinajstić information content (AvgIpc) is 2.87. The van der Waals surface area contributed by atoms with E-state index in [4.69, 9.17) is 10.2 Å². The minimum Gasteiger partial charge on any atom is -0.460 e. The van der Waals surface area contributed by atoms with Gasteiger partial charge in [-0.15, -0.1) is 0 Å². The highest BCUT2D eigenvalue weighted by Crippen LogP contribution is 2.29. The lowest BCUT2D eigenvalue weighted by molar-refractivity contribution is 0.526. The molecular formula is C14H12N2O. The maximum absolute atomic E-state index is 5.68. The lowest BCUT2D eigenvalue weighted by atomic mass is 10.1. The topological polar surface area (TPSA) is 52.0 Å². The van der Waals surface area contributed by atoms with Gasteiger partial charge in [-0.3, -0.25) is 4.98 Å². The molecule has 0 atom stereocenters. The van der Waals surface area contributed by atoms with Crippen molar-refractivity contribution in [2.45, 2.75) is 6.54 Å². The number of nitrogens with zero attached hydrogens (tertiary/aromatic N) is 1. The molecule has 0 saturated carbocycles. The van der Waals surface area contributed by atoms with E-state index in [1.54, 1.807) is 6.20 Å². The lowest BCUT2D eigenvalue weighted by Crippen LogP contribution is -1.92. The number of hydrogen-bond donors (Lipinski definition) is 1. The third-order valence-corrected chi connectivity index (χ3v) is 2.81. The molecule has 0 fully saturated rings. The van der Waals surface area contributed by atoms with Crippen LogP contribution in [0.15, 0.2) is 53.2 Å². The van der Waals surface area contributed by atoms with E-state index in [2.05, 4.69) is 4.98 Å². The Balaban J connectivity index is 2.23. The van der Waals surface area contributed by atoms with Gasteiger partial charge in [-0.25, -0.2) is 0 Å². The molecule has 0 unspecified atom stereocenters. The first-order chi connectivity index (χ1) is 8.38. The fourth-order valence-corrected chi connectivity index (χ4v) is 1.97. The normalized spacial score (nSPS) is 10.9. The summed E-state index contributed by atoms with van der Waals surface area (Å²) in [6.45, 7) is 0.423. The molecule has 0 radical (unpaired) electrons. The van der Waals surface area contributed by atoms with Crippen molar-refractivity contribution in [2.75, 3.05) is 0 Å². The predicted molar refractivity (Wildman–Crippen MR) is 67.3 cm³/mol. The fraction of sp³-hybridized carbons (Fsp3) is 0.0714. The van der Waals surface area contributed by atoms with Crippen LogP contribution in [0.4, 0.5) is 0 Å². The van der Waals surface area contributed by atoms with Gasteiger partial charge in [-0.1, -0.05) is 18.2 Å². The summed E-state index contributed by atoms with van der Waals surface area (Å²) >= 11 is 0. The Labute approximate surface area is 98.9 Å². The molecule has 2 N–H and O–H groups in total. The van der Waals surface area contributed by atoms with Gasteiger partial charge in [-0.2, -0.15) is 0 Å². The Bertz CT molecular complexity index is 653. The quantitative estimate of drug-likeness (QED) is 0.728. The summed E-state index contributed by atoms with van der Waals surface area (Å²) < 4.78 is 5.68. The van der Waals surface area contributed by atoms with Crippen molar-refractivity contribution in [3.8, 4) is 11.3 Å². The predicted octanol–water partition coefficient (Wildman–Crippen LogP) is 2.95. The highest BCUT2D eigenvalue weighted by molar-refractivity contribution is 5.94. The van der Waals surface area contributed by atoms with Crippen LogP contribution in [0.2, 0.25) is 0 Å². The van der Waals surface area contributed by atoms with Crippen LogP contribution in [0.3, 0.4) is 0 Å². The summed E-state index contributed by atoms with van der Waals surface area (Å²) in [6, 6.07) is 12.0. The van der Waals surface area contributed by atoms with Crippen LogP contribution in [0.1, 0.15) is 5.76 Å². The van der Waals surface area contributed by atoms with Crippen molar-refractivity contribution in [3.05, 3.63) is 54.6 Å². The molecule has 2 aromatic heterocycles. The molecule has 0 aliphatic carbocycles. The molecule has 0 amide bonds. The van der Waals surface area contributed by atoms with Gasteiger partial charge in [0.2, 0.25) is 0 Å². The van der Waals surface area contributed by atoms with Crippen LogP contribution in [-0.2, 0) is 6.54 Å². The van der Waals surface area contributed by atoms with Gasteiger partial charge < -0.3 is 10.2 Å². The molecule has 17 heavy (non-hydrogen) atoms. The molecule has 84 valence electrons. The van der Waals surface area contributed by atoms with Crippen LogP contribution in [-0.4, -0.2) is 4.98 Å². The maximum Gasteiger partial charge on any atom is 0.134 e. The Hall–Kier alpha value is -2.13. The van der Waals surface area contributed by atoms with Crippen molar-refractivity contribution in [3.63, 3.8) is 0 Å². The summed E-state index contributed by atoms with van der Waals surface area (Å²) in [5, 5.41) is 2.25. The SMILES string of the molecule is NCc1ccc(-c2cccc3cnccc23)o1. The van der Waals surface area contributed by atoms with E-state index in [1.165, 1.54) is 0 Å². The van der Waals surface area contributed by atoms with Crippen LogP contribution < -0.4 is 5.73 Å². The largest absolute Gasteiger partial charge is 0.460 e. The second kappa shape index (κ2) is 4.03. The minimum absolute atomic E-state index is 0.423. The van der Waals surface area contributed by atoms with Crippen molar-refractivity contribution >= 4 is 10.8 Å². The highest BCUT2D eigenvalue weighted by atomic mass is 16.3. The van der Waals surface area contributed by atoms with E-state index in [-0.39, 0.29) is 0 Å². The summed E-state index contributed by atoms with van der Waals surface area (Å²) in [5.74, 6) is 1.65. The van der Waals surface area contributed by atoms with E-state index in [0.717, 1.165) is 27.9 Å².